The highest BCUT2D eigenvalue weighted by atomic mass is 16.5. The van der Waals surface area contributed by atoms with E-state index < -0.39 is 0 Å². The quantitative estimate of drug-likeness (QED) is 0.555. The lowest BCUT2D eigenvalue weighted by atomic mass is 10.1. The first kappa shape index (κ1) is 24.0. The molecule has 2 aromatic carbocycles. The first-order valence-electron chi connectivity index (χ1n) is 9.27. The molecule has 0 saturated heterocycles. The molecule has 0 radical (unpaired) electrons. The van der Waals surface area contributed by atoms with Gasteiger partial charge in [-0.15, -0.1) is 0 Å². The largest absolute Gasteiger partial charge is 0.491 e. The second-order valence-corrected chi connectivity index (χ2v) is 4.73. The molecule has 0 fully saturated rings. The fourth-order valence-corrected chi connectivity index (χ4v) is 1.97. The maximum atomic E-state index is 5.55. The molecule has 0 N–H and O–H groups in total. The molecule has 4 nitrogen and oxygen atoms in total. The first-order valence-corrected chi connectivity index (χ1v) is 9.27. The van der Waals surface area contributed by atoms with Crippen molar-refractivity contribution in [2.45, 2.75) is 27.7 Å². The predicted octanol–water partition coefficient (Wildman–Crippen LogP) is 5.46. The van der Waals surface area contributed by atoms with Crippen LogP contribution in [0.5, 0.6) is 11.5 Å². The van der Waals surface area contributed by atoms with Crippen LogP contribution < -0.4 is 9.47 Å². The molecule has 0 heterocycles. The van der Waals surface area contributed by atoms with Crippen LogP contribution in [-0.4, -0.2) is 40.6 Å². The molecule has 0 atom stereocenters. The highest BCUT2D eigenvalue weighted by Gasteiger charge is 2.00. The van der Waals surface area contributed by atoms with Crippen LogP contribution in [0.3, 0.4) is 0 Å². The number of ether oxygens (including phenoxy) is 4. The maximum Gasteiger partial charge on any atom is 0.119 e. The summed E-state index contributed by atoms with van der Waals surface area (Å²) in [6, 6.07) is 16.0. The SMILES string of the molecule is CC.CC.COCCOc1ccc(-c2ccc(OCCOC)cc2)cc1. The van der Waals surface area contributed by atoms with E-state index in [0.717, 1.165) is 22.6 Å². The fourth-order valence-electron chi connectivity index (χ4n) is 1.97. The van der Waals surface area contributed by atoms with E-state index >= 15 is 0 Å². The molecule has 2 aromatic rings. The standard InChI is InChI=1S/C18H22O4.2C2H6/c1-19-11-13-21-17-7-3-15(4-8-17)16-5-9-18(10-6-16)22-14-12-20-2;2*1-2/h3-10H,11-14H2,1-2H3;2*1-2H3. The highest BCUT2D eigenvalue weighted by molar-refractivity contribution is 5.64. The normalized spacial score (nSPS) is 9.31. The van der Waals surface area contributed by atoms with Crippen LogP contribution >= 0.6 is 0 Å². The third-order valence-corrected chi connectivity index (χ3v) is 3.15. The van der Waals surface area contributed by atoms with E-state index in [9.17, 15) is 0 Å². The molecule has 0 saturated carbocycles. The zero-order valence-electron chi connectivity index (χ0n) is 17.1. The van der Waals surface area contributed by atoms with Crippen molar-refractivity contribution >= 4 is 0 Å². The van der Waals surface area contributed by atoms with E-state index in [0.29, 0.717) is 26.4 Å². The van der Waals surface area contributed by atoms with Gasteiger partial charge in [0.15, 0.2) is 0 Å². The van der Waals surface area contributed by atoms with Gasteiger partial charge in [-0.25, -0.2) is 0 Å². The van der Waals surface area contributed by atoms with Crippen LogP contribution in [0.2, 0.25) is 0 Å². The van der Waals surface area contributed by atoms with Crippen molar-refractivity contribution in [1.82, 2.24) is 0 Å². The Bertz CT molecular complexity index is 484. The van der Waals surface area contributed by atoms with E-state index in [1.54, 1.807) is 14.2 Å². The Morgan fingerprint density at radius 1 is 0.500 bits per heavy atom. The van der Waals surface area contributed by atoms with Gasteiger partial charge in [0, 0.05) is 14.2 Å². The van der Waals surface area contributed by atoms with Crippen LogP contribution in [0.25, 0.3) is 11.1 Å². The summed E-state index contributed by atoms with van der Waals surface area (Å²) in [5, 5.41) is 0. The van der Waals surface area contributed by atoms with Crippen LogP contribution in [0.15, 0.2) is 48.5 Å². The summed E-state index contributed by atoms with van der Waals surface area (Å²) in [6.07, 6.45) is 0. The lowest BCUT2D eigenvalue weighted by molar-refractivity contribution is 0.146. The average molecular weight is 363 g/mol. The number of rotatable bonds is 9. The fraction of sp³-hybridized carbons (Fsp3) is 0.455. The van der Waals surface area contributed by atoms with E-state index in [1.807, 2.05) is 76.2 Å². The monoisotopic (exact) mass is 362 g/mol. The van der Waals surface area contributed by atoms with Crippen LogP contribution in [0, 0.1) is 0 Å². The van der Waals surface area contributed by atoms with Crippen molar-refractivity contribution < 1.29 is 18.9 Å². The number of hydrogen-bond donors (Lipinski definition) is 0. The van der Waals surface area contributed by atoms with Crippen molar-refractivity contribution in [2.24, 2.45) is 0 Å². The van der Waals surface area contributed by atoms with Gasteiger partial charge in [0.25, 0.3) is 0 Å². The Morgan fingerprint density at radius 3 is 1.08 bits per heavy atom. The molecule has 0 unspecified atom stereocenters. The van der Waals surface area contributed by atoms with Crippen LogP contribution in [0.1, 0.15) is 27.7 Å². The van der Waals surface area contributed by atoms with Gasteiger partial charge >= 0.3 is 0 Å². The van der Waals surface area contributed by atoms with E-state index in [-0.39, 0.29) is 0 Å². The third kappa shape index (κ3) is 9.44. The summed E-state index contributed by atoms with van der Waals surface area (Å²) in [5.41, 5.74) is 2.28. The summed E-state index contributed by atoms with van der Waals surface area (Å²) in [7, 11) is 3.32. The molecular formula is C22H34O4. The van der Waals surface area contributed by atoms with E-state index in [1.165, 1.54) is 0 Å². The van der Waals surface area contributed by atoms with Crippen LogP contribution in [0.4, 0.5) is 0 Å². The predicted molar refractivity (Wildman–Crippen MR) is 109 cm³/mol. The van der Waals surface area contributed by atoms with Gasteiger partial charge in [-0.3, -0.25) is 0 Å². The lowest BCUT2D eigenvalue weighted by Crippen LogP contribution is -2.04. The van der Waals surface area contributed by atoms with Gasteiger partial charge in [-0.05, 0) is 35.4 Å². The minimum atomic E-state index is 0.559. The number of methoxy groups -OCH3 is 2. The molecule has 0 aliphatic heterocycles. The highest BCUT2D eigenvalue weighted by Crippen LogP contribution is 2.24. The third-order valence-electron chi connectivity index (χ3n) is 3.15. The topological polar surface area (TPSA) is 36.9 Å². The van der Waals surface area contributed by atoms with Gasteiger partial charge in [0.1, 0.15) is 24.7 Å². The minimum Gasteiger partial charge on any atom is -0.491 e. The van der Waals surface area contributed by atoms with Crippen LogP contribution in [-0.2, 0) is 9.47 Å². The summed E-state index contributed by atoms with van der Waals surface area (Å²) in [4.78, 5) is 0. The second kappa shape index (κ2) is 16.4. The Labute approximate surface area is 159 Å². The van der Waals surface area contributed by atoms with Crippen molar-refractivity contribution in [3.63, 3.8) is 0 Å². The molecule has 26 heavy (non-hydrogen) atoms. The number of benzene rings is 2. The molecule has 146 valence electrons. The summed E-state index contributed by atoms with van der Waals surface area (Å²) in [5.74, 6) is 1.70. The van der Waals surface area contributed by atoms with Crippen molar-refractivity contribution in [3.8, 4) is 22.6 Å². The Morgan fingerprint density at radius 2 is 0.808 bits per heavy atom. The maximum absolute atomic E-state index is 5.55. The smallest absolute Gasteiger partial charge is 0.119 e. The molecule has 2 rings (SSSR count). The molecule has 0 bridgehead atoms. The van der Waals surface area contributed by atoms with Gasteiger partial charge in [0.2, 0.25) is 0 Å². The molecule has 0 amide bonds. The Hall–Kier alpha value is -2.04. The van der Waals surface area contributed by atoms with Crippen molar-refractivity contribution in [1.29, 1.82) is 0 Å². The summed E-state index contributed by atoms with van der Waals surface area (Å²) >= 11 is 0. The van der Waals surface area contributed by atoms with Gasteiger partial charge in [-0.1, -0.05) is 52.0 Å². The average Bonchev–Trinajstić information content (AvgIpc) is 2.73. The van der Waals surface area contributed by atoms with Gasteiger partial charge < -0.3 is 18.9 Å². The van der Waals surface area contributed by atoms with Crippen molar-refractivity contribution in [3.05, 3.63) is 48.5 Å². The van der Waals surface area contributed by atoms with Crippen molar-refractivity contribution in [2.75, 3.05) is 40.6 Å². The van der Waals surface area contributed by atoms with Gasteiger partial charge in [0.05, 0.1) is 13.2 Å². The molecule has 0 aromatic heterocycles. The number of hydrogen-bond acceptors (Lipinski definition) is 4. The first-order chi connectivity index (χ1) is 12.8. The van der Waals surface area contributed by atoms with E-state index in [2.05, 4.69) is 0 Å². The van der Waals surface area contributed by atoms with Gasteiger partial charge in [-0.2, -0.15) is 0 Å². The zero-order valence-corrected chi connectivity index (χ0v) is 17.1. The molecule has 4 heteroatoms. The Kier molecular flexibility index (Phi) is 15.1. The minimum absolute atomic E-state index is 0.559. The summed E-state index contributed by atoms with van der Waals surface area (Å²) < 4.78 is 21.0. The summed E-state index contributed by atoms with van der Waals surface area (Å²) in [6.45, 7) is 10.3. The zero-order chi connectivity index (χ0) is 19.6. The molecule has 0 spiro atoms. The molecule has 0 aliphatic rings. The molecular weight excluding hydrogens is 328 g/mol. The second-order valence-electron chi connectivity index (χ2n) is 4.73. The van der Waals surface area contributed by atoms with E-state index in [4.69, 9.17) is 18.9 Å². The Balaban J connectivity index is 0.00000146. The molecule has 0 aliphatic carbocycles. The lowest BCUT2D eigenvalue weighted by Gasteiger charge is -2.08.